The summed E-state index contributed by atoms with van der Waals surface area (Å²) in [4.78, 5) is 0. The molecular weight excluding hydrogens is 376 g/mol. The molecule has 7 heteroatoms. The Labute approximate surface area is 161 Å². The minimum Gasteiger partial charge on any atom is -0.393 e. The predicted molar refractivity (Wildman–Crippen MR) is 104 cm³/mol. The summed E-state index contributed by atoms with van der Waals surface area (Å²) in [5.41, 5.74) is 5.20. The van der Waals surface area contributed by atoms with E-state index in [2.05, 4.69) is 0 Å². The van der Waals surface area contributed by atoms with Gasteiger partial charge in [-0.25, -0.2) is 0 Å². The molecule has 0 fully saturated rings. The Morgan fingerprint density at radius 1 is 0.962 bits per heavy atom. The van der Waals surface area contributed by atoms with Gasteiger partial charge in [0.2, 0.25) is 0 Å². The first-order valence-electron chi connectivity index (χ1n) is 8.36. The molecule has 0 unspecified atom stereocenters. The zero-order valence-corrected chi connectivity index (χ0v) is 16.4. The SMILES string of the molecule is CC1=CC(C)=[N+]2C1=C(c1cc(Cl)cc(Cl)c1)c1c(C)cc(C)n1[B-]2(F)F. The van der Waals surface area contributed by atoms with Gasteiger partial charge in [-0.05, 0) is 61.9 Å². The molecule has 0 bridgehead atoms. The lowest BCUT2D eigenvalue weighted by Gasteiger charge is -2.34. The number of fused-ring (bicyclic) bond motifs is 2. The molecule has 3 heterocycles. The minimum absolute atomic E-state index is 0.475. The Morgan fingerprint density at radius 2 is 1.58 bits per heavy atom. The van der Waals surface area contributed by atoms with Gasteiger partial charge in [0.05, 0.1) is 5.57 Å². The fraction of sp³-hybridized carbons (Fsp3) is 0.211. The maximum absolute atomic E-state index is 15.5. The van der Waals surface area contributed by atoms with Crippen LogP contribution in [0.25, 0.3) is 5.57 Å². The van der Waals surface area contributed by atoms with E-state index in [0.717, 1.165) is 22.3 Å². The molecule has 134 valence electrons. The van der Waals surface area contributed by atoms with Gasteiger partial charge in [0.1, 0.15) is 5.71 Å². The number of hydrogen-bond donors (Lipinski definition) is 0. The maximum atomic E-state index is 15.5. The highest BCUT2D eigenvalue weighted by Gasteiger charge is 2.55. The van der Waals surface area contributed by atoms with Crippen LogP contribution in [0.15, 0.2) is 41.6 Å². The van der Waals surface area contributed by atoms with Gasteiger partial charge >= 0.3 is 6.97 Å². The molecule has 26 heavy (non-hydrogen) atoms. The Hall–Kier alpha value is -1.85. The van der Waals surface area contributed by atoms with Gasteiger partial charge in [-0.2, -0.15) is 0 Å². The summed E-state index contributed by atoms with van der Waals surface area (Å²) >= 11 is 12.4. The minimum atomic E-state index is -3.97. The molecular formula is C19H17BCl2F2N2. The van der Waals surface area contributed by atoms with E-state index in [1.165, 1.54) is 8.96 Å². The Bertz CT molecular complexity index is 1060. The van der Waals surface area contributed by atoms with Crippen molar-refractivity contribution in [2.45, 2.75) is 27.7 Å². The zero-order chi connectivity index (χ0) is 19.0. The topological polar surface area (TPSA) is 7.94 Å². The molecule has 2 aromatic rings. The molecule has 0 saturated carbocycles. The van der Waals surface area contributed by atoms with E-state index in [-0.39, 0.29) is 0 Å². The number of allylic oxidation sites excluding steroid dienone is 2. The first-order chi connectivity index (χ1) is 12.1. The molecule has 0 saturated heterocycles. The molecule has 0 spiro atoms. The number of rotatable bonds is 1. The zero-order valence-electron chi connectivity index (χ0n) is 14.9. The van der Waals surface area contributed by atoms with Crippen molar-refractivity contribution >= 4 is 41.5 Å². The van der Waals surface area contributed by atoms with E-state index >= 15 is 8.63 Å². The second kappa shape index (κ2) is 5.57. The van der Waals surface area contributed by atoms with Gasteiger partial charge in [0.25, 0.3) is 0 Å². The number of benzene rings is 1. The average molecular weight is 393 g/mol. The van der Waals surface area contributed by atoms with Crippen molar-refractivity contribution in [1.82, 2.24) is 4.48 Å². The average Bonchev–Trinajstić information content (AvgIpc) is 2.96. The Kier molecular flexibility index (Phi) is 3.77. The van der Waals surface area contributed by atoms with Gasteiger partial charge in [-0.1, -0.05) is 23.2 Å². The molecule has 0 amide bonds. The van der Waals surface area contributed by atoms with Gasteiger partial charge < -0.3 is 17.6 Å². The van der Waals surface area contributed by atoms with Crippen molar-refractivity contribution in [3.63, 3.8) is 0 Å². The maximum Gasteiger partial charge on any atom is 0.737 e. The van der Waals surface area contributed by atoms with E-state index < -0.39 is 6.97 Å². The highest BCUT2D eigenvalue weighted by Crippen LogP contribution is 2.44. The number of aryl methyl sites for hydroxylation is 2. The van der Waals surface area contributed by atoms with E-state index in [1.807, 2.05) is 13.8 Å². The van der Waals surface area contributed by atoms with Crippen LogP contribution in [0, 0.1) is 13.8 Å². The molecule has 0 N–H and O–H groups in total. The van der Waals surface area contributed by atoms with Crippen LogP contribution in [0.5, 0.6) is 0 Å². The Morgan fingerprint density at radius 3 is 2.19 bits per heavy atom. The predicted octanol–water partition coefficient (Wildman–Crippen LogP) is 5.84. The lowest BCUT2D eigenvalue weighted by atomic mass is 9.84. The van der Waals surface area contributed by atoms with Crippen LogP contribution in [0.1, 0.15) is 36.4 Å². The number of nitrogens with zero attached hydrogens (tertiary/aromatic N) is 2. The molecule has 0 radical (unpaired) electrons. The normalized spacial score (nSPS) is 18.2. The third-order valence-electron chi connectivity index (χ3n) is 5.09. The van der Waals surface area contributed by atoms with Crippen molar-refractivity contribution in [3.05, 3.63) is 74.2 Å². The largest absolute Gasteiger partial charge is 0.737 e. The van der Waals surface area contributed by atoms with Crippen molar-refractivity contribution in [2.75, 3.05) is 0 Å². The van der Waals surface area contributed by atoms with E-state index in [1.54, 1.807) is 44.2 Å². The van der Waals surface area contributed by atoms with E-state index in [0.29, 0.717) is 32.8 Å². The van der Waals surface area contributed by atoms with Crippen LogP contribution >= 0.6 is 23.2 Å². The van der Waals surface area contributed by atoms with E-state index in [4.69, 9.17) is 23.2 Å². The third kappa shape index (κ3) is 2.27. The van der Waals surface area contributed by atoms with Crippen LogP contribution in [0.2, 0.25) is 10.0 Å². The summed E-state index contributed by atoms with van der Waals surface area (Å²) < 4.78 is 33.3. The van der Waals surface area contributed by atoms with E-state index in [9.17, 15) is 0 Å². The van der Waals surface area contributed by atoms with Gasteiger partial charge in [0, 0.05) is 34.3 Å². The fourth-order valence-corrected chi connectivity index (χ4v) is 4.80. The molecule has 1 aromatic carbocycles. The first kappa shape index (κ1) is 17.6. The monoisotopic (exact) mass is 392 g/mol. The lowest BCUT2D eigenvalue weighted by molar-refractivity contribution is -0.363. The quantitative estimate of drug-likeness (QED) is 0.538. The van der Waals surface area contributed by atoms with Gasteiger partial charge in [0.15, 0.2) is 5.70 Å². The third-order valence-corrected chi connectivity index (χ3v) is 5.52. The summed E-state index contributed by atoms with van der Waals surface area (Å²) in [5, 5.41) is 0.950. The molecule has 2 aliphatic heterocycles. The van der Waals surface area contributed by atoms with Crippen LogP contribution in [-0.2, 0) is 0 Å². The molecule has 1 aromatic heterocycles. The van der Waals surface area contributed by atoms with Crippen molar-refractivity contribution in [3.8, 4) is 0 Å². The summed E-state index contributed by atoms with van der Waals surface area (Å²) in [7, 11) is 0. The summed E-state index contributed by atoms with van der Waals surface area (Å²) in [5.74, 6) is 0. The summed E-state index contributed by atoms with van der Waals surface area (Å²) in [6.45, 7) is 3.17. The number of halogens is 4. The first-order valence-corrected chi connectivity index (χ1v) is 9.12. The molecule has 4 rings (SSSR count). The summed E-state index contributed by atoms with van der Waals surface area (Å²) in [6.07, 6.45) is 1.80. The second-order valence-corrected chi connectivity index (χ2v) is 7.87. The highest BCUT2D eigenvalue weighted by molar-refractivity contribution is 6.58. The van der Waals surface area contributed by atoms with Crippen LogP contribution < -0.4 is 0 Å². The second-order valence-electron chi connectivity index (χ2n) is 7.00. The molecule has 2 nitrogen and oxygen atoms in total. The Balaban J connectivity index is 2.19. The standard InChI is InChI=1S/C19H17BCl2F2N2/c1-10-5-12(3)25-18(10)17(14-7-15(21)9-16(22)8-14)19-11(2)6-13(4)26(19)20(25,23)24/h5-9H,1-4H3. The molecule has 0 aliphatic carbocycles. The molecule has 0 atom stereocenters. The van der Waals surface area contributed by atoms with Gasteiger partial charge in [-0.15, -0.1) is 0 Å². The fourth-order valence-electron chi connectivity index (χ4n) is 4.27. The lowest BCUT2D eigenvalue weighted by Crippen LogP contribution is -2.51. The number of aromatic nitrogens is 1. The van der Waals surface area contributed by atoms with Crippen LogP contribution in [0.3, 0.4) is 0 Å². The van der Waals surface area contributed by atoms with Crippen molar-refractivity contribution < 1.29 is 13.1 Å². The molecule has 2 aliphatic rings. The van der Waals surface area contributed by atoms with Crippen LogP contribution in [-0.4, -0.2) is 21.6 Å². The van der Waals surface area contributed by atoms with Crippen molar-refractivity contribution in [1.29, 1.82) is 0 Å². The van der Waals surface area contributed by atoms with Crippen LogP contribution in [0.4, 0.5) is 8.63 Å². The number of hydrogen-bond acceptors (Lipinski definition) is 0. The smallest absolute Gasteiger partial charge is 0.393 e. The van der Waals surface area contributed by atoms with Crippen molar-refractivity contribution in [2.24, 2.45) is 0 Å². The van der Waals surface area contributed by atoms with Gasteiger partial charge in [-0.3, -0.25) is 0 Å². The highest BCUT2D eigenvalue weighted by atomic mass is 35.5. The summed E-state index contributed by atoms with van der Waals surface area (Å²) in [6, 6.07) is 6.99.